The van der Waals surface area contributed by atoms with Crippen LogP contribution in [0.1, 0.15) is 21.7 Å². The van der Waals surface area contributed by atoms with Crippen LogP contribution in [0.4, 0.5) is 10.1 Å². The highest BCUT2D eigenvalue weighted by Crippen LogP contribution is 2.17. The van der Waals surface area contributed by atoms with E-state index in [4.69, 9.17) is 0 Å². The zero-order chi connectivity index (χ0) is 17.5. The number of nitrogens with zero attached hydrogens (tertiary/aromatic N) is 1. The van der Waals surface area contributed by atoms with E-state index < -0.39 is 0 Å². The van der Waals surface area contributed by atoms with Crippen LogP contribution in [0, 0.1) is 19.7 Å². The lowest BCUT2D eigenvalue weighted by Crippen LogP contribution is -2.29. The normalized spacial score (nSPS) is 11.0. The van der Waals surface area contributed by atoms with Gasteiger partial charge in [-0.3, -0.25) is 9.69 Å². The Balaban J connectivity index is 1.86. The largest absolute Gasteiger partial charge is 0.395 e. The molecule has 0 radical (unpaired) electrons. The first-order valence-corrected chi connectivity index (χ1v) is 8.74. The van der Waals surface area contributed by atoms with E-state index in [-0.39, 0.29) is 18.3 Å². The van der Waals surface area contributed by atoms with Crippen LogP contribution in [0.15, 0.2) is 30.3 Å². The van der Waals surface area contributed by atoms with E-state index in [9.17, 15) is 14.3 Å². The van der Waals surface area contributed by atoms with Crippen molar-refractivity contribution in [1.82, 2.24) is 4.90 Å². The van der Waals surface area contributed by atoms with Gasteiger partial charge in [0.25, 0.3) is 0 Å². The smallest absolute Gasteiger partial charge is 0.225 e. The fraction of sp³-hybridized carbons (Fsp3) is 0.389. The summed E-state index contributed by atoms with van der Waals surface area (Å²) in [7, 11) is 0. The summed E-state index contributed by atoms with van der Waals surface area (Å²) in [6.45, 7) is 5.56. The van der Waals surface area contributed by atoms with Crippen molar-refractivity contribution < 1.29 is 14.3 Å². The third kappa shape index (κ3) is 5.70. The van der Waals surface area contributed by atoms with Crippen molar-refractivity contribution >= 4 is 22.9 Å². The van der Waals surface area contributed by atoms with Gasteiger partial charge in [-0.2, -0.15) is 0 Å². The summed E-state index contributed by atoms with van der Waals surface area (Å²) in [5.41, 5.74) is 1.01. The number of hydrogen-bond acceptors (Lipinski definition) is 4. The molecule has 0 aliphatic carbocycles. The molecule has 130 valence electrons. The number of halogens is 1. The highest BCUT2D eigenvalue weighted by molar-refractivity contribution is 7.11. The van der Waals surface area contributed by atoms with E-state index in [1.165, 1.54) is 15.8 Å². The van der Waals surface area contributed by atoms with Gasteiger partial charge in [0.2, 0.25) is 5.91 Å². The minimum atomic E-state index is -0.331. The topological polar surface area (TPSA) is 52.6 Å². The number of benzene rings is 1. The molecule has 0 saturated heterocycles. The minimum absolute atomic E-state index is 0.0507. The van der Waals surface area contributed by atoms with Crippen LogP contribution in [0.3, 0.4) is 0 Å². The minimum Gasteiger partial charge on any atom is -0.395 e. The molecule has 2 N–H and O–H groups in total. The number of carbonyl (C=O) groups excluding carboxylic acids is 1. The number of aliphatic hydroxyl groups excluding tert-OH is 1. The molecule has 24 heavy (non-hydrogen) atoms. The standard InChI is InChI=1S/C18H23FN2O2S/c1-13-3-5-15(11-17(13)19)20-18(23)7-8-21(9-10-22)12-16-6-4-14(2)24-16/h3-6,11,22H,7-10,12H2,1-2H3,(H,20,23). The van der Waals surface area contributed by atoms with E-state index in [1.54, 1.807) is 30.4 Å². The molecule has 6 heteroatoms. The molecule has 1 aromatic carbocycles. The van der Waals surface area contributed by atoms with Crippen molar-refractivity contribution in [1.29, 1.82) is 0 Å². The Morgan fingerprint density at radius 1 is 1.25 bits per heavy atom. The molecule has 0 atom stereocenters. The van der Waals surface area contributed by atoms with Gasteiger partial charge in [-0.1, -0.05) is 6.07 Å². The molecule has 0 aliphatic heterocycles. The van der Waals surface area contributed by atoms with Gasteiger partial charge >= 0.3 is 0 Å². The maximum Gasteiger partial charge on any atom is 0.225 e. The molecular weight excluding hydrogens is 327 g/mol. The molecular formula is C18H23FN2O2S. The molecule has 0 unspecified atom stereocenters. The second kappa shape index (κ2) is 8.92. The molecule has 2 aromatic rings. The number of aliphatic hydroxyl groups is 1. The summed E-state index contributed by atoms with van der Waals surface area (Å²) < 4.78 is 13.5. The molecule has 0 saturated carbocycles. The van der Waals surface area contributed by atoms with Crippen LogP contribution in [0.5, 0.6) is 0 Å². The van der Waals surface area contributed by atoms with Gasteiger partial charge in [0, 0.05) is 41.5 Å². The first-order valence-electron chi connectivity index (χ1n) is 7.92. The Bertz CT molecular complexity index is 687. The predicted molar refractivity (Wildman–Crippen MR) is 95.8 cm³/mol. The number of amides is 1. The fourth-order valence-electron chi connectivity index (χ4n) is 2.36. The number of carbonyl (C=O) groups is 1. The van der Waals surface area contributed by atoms with E-state index in [0.29, 0.717) is 37.3 Å². The lowest BCUT2D eigenvalue weighted by molar-refractivity contribution is -0.116. The third-order valence-corrected chi connectivity index (χ3v) is 4.69. The Morgan fingerprint density at radius 2 is 2.04 bits per heavy atom. The number of hydrogen-bond donors (Lipinski definition) is 2. The van der Waals surface area contributed by atoms with E-state index in [0.717, 1.165) is 0 Å². The van der Waals surface area contributed by atoms with Crippen LogP contribution in [-0.2, 0) is 11.3 Å². The summed E-state index contributed by atoms with van der Waals surface area (Å²) in [4.78, 5) is 16.5. The summed E-state index contributed by atoms with van der Waals surface area (Å²) in [5, 5.41) is 11.9. The van der Waals surface area contributed by atoms with Gasteiger partial charge in [-0.15, -0.1) is 11.3 Å². The van der Waals surface area contributed by atoms with Crippen LogP contribution >= 0.6 is 11.3 Å². The number of anilines is 1. The van der Waals surface area contributed by atoms with Crippen molar-refractivity contribution in [3.8, 4) is 0 Å². The number of rotatable bonds is 8. The number of thiophene rings is 1. The molecule has 1 amide bonds. The molecule has 2 rings (SSSR count). The zero-order valence-corrected chi connectivity index (χ0v) is 14.8. The molecule has 0 aliphatic rings. The Kier molecular flexibility index (Phi) is 6.90. The van der Waals surface area contributed by atoms with Crippen molar-refractivity contribution in [2.75, 3.05) is 25.0 Å². The molecule has 1 heterocycles. The maximum atomic E-state index is 13.5. The van der Waals surface area contributed by atoms with Gasteiger partial charge in [-0.25, -0.2) is 4.39 Å². The zero-order valence-electron chi connectivity index (χ0n) is 14.0. The monoisotopic (exact) mass is 350 g/mol. The number of nitrogens with one attached hydrogen (secondary N) is 1. The summed E-state index contributed by atoms with van der Waals surface area (Å²) in [6.07, 6.45) is 0.292. The molecule has 0 spiro atoms. The van der Waals surface area contributed by atoms with Crippen LogP contribution in [-0.4, -0.2) is 35.6 Å². The summed E-state index contributed by atoms with van der Waals surface area (Å²) in [6, 6.07) is 8.79. The average Bonchev–Trinajstić information content (AvgIpc) is 2.94. The second-order valence-corrected chi connectivity index (χ2v) is 7.15. The van der Waals surface area contributed by atoms with Crippen LogP contribution < -0.4 is 5.32 Å². The SMILES string of the molecule is Cc1ccc(CN(CCO)CCC(=O)Nc2ccc(C)c(F)c2)s1. The van der Waals surface area contributed by atoms with Gasteiger partial charge < -0.3 is 10.4 Å². The van der Waals surface area contributed by atoms with Crippen molar-refractivity contribution in [2.24, 2.45) is 0 Å². The first-order chi connectivity index (χ1) is 11.5. The first kappa shape index (κ1) is 18.6. The molecule has 4 nitrogen and oxygen atoms in total. The Morgan fingerprint density at radius 3 is 2.67 bits per heavy atom. The Hall–Kier alpha value is -1.76. The predicted octanol–water partition coefficient (Wildman–Crippen LogP) is 3.33. The van der Waals surface area contributed by atoms with Crippen LogP contribution in [0.2, 0.25) is 0 Å². The lowest BCUT2D eigenvalue weighted by Gasteiger charge is -2.20. The summed E-state index contributed by atoms with van der Waals surface area (Å²) in [5.74, 6) is -0.494. The maximum absolute atomic E-state index is 13.5. The van der Waals surface area contributed by atoms with Gasteiger partial charge in [0.05, 0.1) is 6.61 Å². The quantitative estimate of drug-likeness (QED) is 0.768. The number of aryl methyl sites for hydroxylation is 2. The lowest BCUT2D eigenvalue weighted by atomic mass is 10.2. The van der Waals surface area contributed by atoms with Gasteiger partial charge in [0.15, 0.2) is 0 Å². The van der Waals surface area contributed by atoms with E-state index in [1.807, 2.05) is 4.90 Å². The average molecular weight is 350 g/mol. The molecule has 0 bridgehead atoms. The van der Waals surface area contributed by atoms with Crippen molar-refractivity contribution in [3.05, 3.63) is 51.5 Å². The van der Waals surface area contributed by atoms with Gasteiger partial charge in [-0.05, 0) is 43.7 Å². The second-order valence-electron chi connectivity index (χ2n) is 5.77. The molecule has 0 fully saturated rings. The summed E-state index contributed by atoms with van der Waals surface area (Å²) >= 11 is 1.72. The highest BCUT2D eigenvalue weighted by atomic mass is 32.1. The van der Waals surface area contributed by atoms with E-state index >= 15 is 0 Å². The van der Waals surface area contributed by atoms with Crippen molar-refractivity contribution in [2.45, 2.75) is 26.8 Å². The van der Waals surface area contributed by atoms with Crippen LogP contribution in [0.25, 0.3) is 0 Å². The van der Waals surface area contributed by atoms with Gasteiger partial charge in [0.1, 0.15) is 5.82 Å². The Labute approximate surface area is 145 Å². The molecule has 1 aromatic heterocycles. The third-order valence-electron chi connectivity index (χ3n) is 3.70. The fourth-order valence-corrected chi connectivity index (χ4v) is 3.29. The highest BCUT2D eigenvalue weighted by Gasteiger charge is 2.11. The van der Waals surface area contributed by atoms with Crippen molar-refractivity contribution in [3.63, 3.8) is 0 Å². The van der Waals surface area contributed by atoms with E-state index in [2.05, 4.69) is 24.4 Å².